The van der Waals surface area contributed by atoms with E-state index in [4.69, 9.17) is 9.84 Å². The summed E-state index contributed by atoms with van der Waals surface area (Å²) in [6, 6.07) is 4.17. The number of benzene rings is 1. The van der Waals surface area contributed by atoms with Crippen molar-refractivity contribution in [2.24, 2.45) is 0 Å². The Labute approximate surface area is 118 Å². The van der Waals surface area contributed by atoms with Crippen molar-refractivity contribution in [1.82, 2.24) is 0 Å². The van der Waals surface area contributed by atoms with Crippen molar-refractivity contribution in [3.63, 3.8) is 0 Å². The summed E-state index contributed by atoms with van der Waals surface area (Å²) in [7, 11) is 0. The molecule has 1 rings (SSSR count). The monoisotopic (exact) mass is 336 g/mol. The highest BCUT2D eigenvalue weighted by molar-refractivity contribution is 9.10. The Kier molecular flexibility index (Phi) is 4.68. The highest BCUT2D eigenvalue weighted by atomic mass is 79.9. The van der Waals surface area contributed by atoms with Crippen LogP contribution in [0.5, 0.6) is 0 Å². The van der Waals surface area contributed by atoms with E-state index in [1.807, 2.05) is 0 Å². The first-order valence-electron chi connectivity index (χ1n) is 5.59. The summed E-state index contributed by atoms with van der Waals surface area (Å²) in [6.07, 6.45) is -4.67. The van der Waals surface area contributed by atoms with Crippen LogP contribution in [0.4, 0.5) is 8.78 Å². The molecule has 0 aliphatic heterocycles. The molecule has 0 fully saturated rings. The number of hydrogen-bond donors (Lipinski definition) is 1. The molecule has 0 atom stereocenters. The van der Waals surface area contributed by atoms with Crippen LogP contribution in [-0.4, -0.2) is 22.8 Å². The Morgan fingerprint density at radius 2 is 1.89 bits per heavy atom. The maximum Gasteiger partial charge on any atom is 0.357 e. The summed E-state index contributed by atoms with van der Waals surface area (Å²) < 4.78 is 30.8. The van der Waals surface area contributed by atoms with E-state index in [0.29, 0.717) is 4.47 Å². The molecule has 0 spiro atoms. The summed E-state index contributed by atoms with van der Waals surface area (Å²) in [5.74, 6) is -0.601. The fraction of sp³-hybridized carbons (Fsp3) is 0.462. The van der Waals surface area contributed by atoms with Crippen molar-refractivity contribution >= 4 is 21.9 Å². The second-order valence-corrected chi connectivity index (χ2v) is 6.11. The van der Waals surface area contributed by atoms with Gasteiger partial charge >= 0.3 is 12.1 Å². The molecule has 106 valence electrons. The molecule has 0 saturated carbocycles. The lowest BCUT2D eigenvalue weighted by Crippen LogP contribution is -2.24. The van der Waals surface area contributed by atoms with E-state index in [9.17, 15) is 13.6 Å². The zero-order valence-corrected chi connectivity index (χ0v) is 12.4. The van der Waals surface area contributed by atoms with Crippen LogP contribution in [0.2, 0.25) is 0 Å². The van der Waals surface area contributed by atoms with Crippen molar-refractivity contribution in [3.05, 3.63) is 33.8 Å². The number of ether oxygens (including phenoxy) is 1. The predicted octanol–water partition coefficient (Wildman–Crippen LogP) is 3.53. The zero-order valence-electron chi connectivity index (χ0n) is 10.8. The molecule has 1 aromatic rings. The van der Waals surface area contributed by atoms with E-state index in [0.717, 1.165) is 0 Å². The van der Waals surface area contributed by atoms with Gasteiger partial charge in [-0.05, 0) is 44.5 Å². The van der Waals surface area contributed by atoms with Crippen molar-refractivity contribution in [2.45, 2.75) is 38.9 Å². The van der Waals surface area contributed by atoms with Gasteiger partial charge in [0.25, 0.3) is 0 Å². The van der Waals surface area contributed by atoms with Gasteiger partial charge in [-0.1, -0.05) is 15.9 Å². The van der Waals surface area contributed by atoms with Crippen LogP contribution in [0.3, 0.4) is 0 Å². The Bertz CT molecular complexity index is 476. The van der Waals surface area contributed by atoms with Crippen LogP contribution >= 0.6 is 15.9 Å². The third kappa shape index (κ3) is 6.11. The van der Waals surface area contributed by atoms with Crippen molar-refractivity contribution in [2.75, 3.05) is 0 Å². The van der Waals surface area contributed by atoms with Crippen molar-refractivity contribution in [3.8, 4) is 0 Å². The topological polar surface area (TPSA) is 46.5 Å². The van der Waals surface area contributed by atoms with Crippen LogP contribution in [0.25, 0.3) is 0 Å². The average molecular weight is 337 g/mol. The normalized spacial score (nSPS) is 12.4. The van der Waals surface area contributed by atoms with Crippen LogP contribution in [0.1, 0.15) is 36.7 Å². The minimum Gasteiger partial charge on any atom is -0.456 e. The van der Waals surface area contributed by atoms with Crippen molar-refractivity contribution in [1.29, 1.82) is 0 Å². The third-order valence-electron chi connectivity index (χ3n) is 2.01. The number of carbonyl (C=O) groups excluding carboxylic acids is 1. The van der Waals surface area contributed by atoms with Gasteiger partial charge in [-0.15, -0.1) is 0 Å². The fourth-order valence-corrected chi connectivity index (χ4v) is 1.99. The van der Waals surface area contributed by atoms with Crippen LogP contribution in [0, 0.1) is 0 Å². The molecular weight excluding hydrogens is 322 g/mol. The summed E-state index contributed by atoms with van der Waals surface area (Å²) in [6.45, 7) is 5.14. The zero-order chi connectivity index (χ0) is 14.8. The molecule has 1 N–H and O–H groups in total. The number of rotatable bonds is 3. The Morgan fingerprint density at radius 3 is 2.37 bits per heavy atom. The molecule has 19 heavy (non-hydrogen) atoms. The summed E-state index contributed by atoms with van der Waals surface area (Å²) in [4.78, 5) is 11.8. The lowest BCUT2D eigenvalue weighted by Gasteiger charge is -2.20. The highest BCUT2D eigenvalue weighted by Gasteiger charge is 2.26. The molecule has 0 aliphatic carbocycles. The lowest BCUT2D eigenvalue weighted by molar-refractivity contribution is -0.196. The number of hydrogen-bond acceptors (Lipinski definition) is 3. The molecule has 0 heterocycles. The summed E-state index contributed by atoms with van der Waals surface area (Å²) in [5.41, 5.74) is -0.369. The summed E-state index contributed by atoms with van der Waals surface area (Å²) >= 11 is 3.13. The predicted molar refractivity (Wildman–Crippen MR) is 70.2 cm³/mol. The lowest BCUT2D eigenvalue weighted by atomic mass is 10.1. The molecule has 0 aromatic heterocycles. The van der Waals surface area contributed by atoms with Gasteiger partial charge in [-0.3, -0.25) is 0 Å². The minimum atomic E-state index is -3.81. The van der Waals surface area contributed by atoms with Crippen LogP contribution in [0.15, 0.2) is 22.7 Å². The minimum absolute atomic E-state index is 0.141. The van der Waals surface area contributed by atoms with Gasteiger partial charge in [-0.2, -0.15) is 8.78 Å². The molecule has 0 amide bonds. The van der Waals surface area contributed by atoms with Gasteiger partial charge < -0.3 is 9.84 Å². The van der Waals surface area contributed by atoms with E-state index < -0.39 is 24.1 Å². The molecule has 0 radical (unpaired) electrons. The molecule has 0 unspecified atom stereocenters. The maximum absolute atomic E-state index is 12.6. The Morgan fingerprint density at radius 1 is 1.32 bits per heavy atom. The van der Waals surface area contributed by atoms with Gasteiger partial charge in [0.05, 0.1) is 12.0 Å². The average Bonchev–Trinajstić information content (AvgIpc) is 2.10. The number of aliphatic hydroxyl groups is 1. The van der Waals surface area contributed by atoms with E-state index in [1.54, 1.807) is 20.8 Å². The first-order valence-corrected chi connectivity index (χ1v) is 6.39. The number of alkyl halides is 2. The van der Waals surface area contributed by atoms with E-state index in [1.165, 1.54) is 18.2 Å². The van der Waals surface area contributed by atoms with E-state index in [-0.39, 0.29) is 11.1 Å². The molecular formula is C13H15BrF2O3. The van der Waals surface area contributed by atoms with Crippen LogP contribution < -0.4 is 0 Å². The Hall–Kier alpha value is -1.01. The van der Waals surface area contributed by atoms with Gasteiger partial charge in [-0.25, -0.2) is 4.79 Å². The van der Waals surface area contributed by atoms with Gasteiger partial charge in [0.2, 0.25) is 0 Å². The highest BCUT2D eigenvalue weighted by Crippen LogP contribution is 2.23. The molecule has 0 bridgehead atoms. The van der Waals surface area contributed by atoms with Gasteiger partial charge in [0, 0.05) is 4.47 Å². The number of halogens is 3. The van der Waals surface area contributed by atoms with E-state index >= 15 is 0 Å². The quantitative estimate of drug-likeness (QED) is 0.859. The number of carbonyl (C=O) groups is 1. The molecule has 1 aromatic carbocycles. The van der Waals surface area contributed by atoms with E-state index in [2.05, 4.69) is 15.9 Å². The molecule has 6 heteroatoms. The second kappa shape index (κ2) is 5.54. The molecule has 3 nitrogen and oxygen atoms in total. The first kappa shape index (κ1) is 16.0. The largest absolute Gasteiger partial charge is 0.456 e. The fourth-order valence-electron chi connectivity index (χ4n) is 1.45. The SMILES string of the molecule is CC(C)(C)OC(=O)c1cc(Br)cc(CC(O)(F)F)c1. The third-order valence-corrected chi connectivity index (χ3v) is 2.47. The number of esters is 1. The molecule has 0 saturated heterocycles. The standard InChI is InChI=1S/C13H15BrF2O3/c1-12(2,3)19-11(17)9-4-8(5-10(14)6-9)7-13(15,16)18/h4-6,18H,7H2,1-3H3. The Balaban J connectivity index is 3.00. The van der Waals surface area contributed by atoms with Crippen LogP contribution in [-0.2, 0) is 11.2 Å². The second-order valence-electron chi connectivity index (χ2n) is 5.19. The van der Waals surface area contributed by atoms with Gasteiger partial charge in [0.15, 0.2) is 0 Å². The van der Waals surface area contributed by atoms with Crippen molar-refractivity contribution < 1.29 is 23.4 Å². The van der Waals surface area contributed by atoms with Gasteiger partial charge in [0.1, 0.15) is 5.60 Å². The maximum atomic E-state index is 12.6. The smallest absolute Gasteiger partial charge is 0.357 e. The molecule has 0 aliphatic rings. The first-order chi connectivity index (χ1) is 8.46. The summed E-state index contributed by atoms with van der Waals surface area (Å²) in [5, 5.41) is 8.51.